The molecule has 9 nitrogen and oxygen atoms in total. The number of aromatic nitrogens is 2. The van der Waals surface area contributed by atoms with Crippen molar-refractivity contribution in [2.24, 2.45) is 5.10 Å². The molecule has 0 amide bonds. The number of fused-ring (bicyclic) bond motifs is 1. The third kappa shape index (κ3) is 3.51. The molecule has 0 bridgehead atoms. The van der Waals surface area contributed by atoms with E-state index in [9.17, 15) is 18.5 Å². The van der Waals surface area contributed by atoms with Crippen LogP contribution in [0.25, 0.3) is 5.52 Å². The molecule has 0 saturated heterocycles. The largest absolute Gasteiger partial charge is 0.279 e. The Balaban J connectivity index is 1.94. The van der Waals surface area contributed by atoms with E-state index in [0.29, 0.717) is 11.1 Å². The highest BCUT2D eigenvalue weighted by Crippen LogP contribution is 2.24. The van der Waals surface area contributed by atoms with E-state index >= 15 is 0 Å². The van der Waals surface area contributed by atoms with Crippen LogP contribution in [0, 0.1) is 24.0 Å². The minimum atomic E-state index is -4.04. The third-order valence-corrected chi connectivity index (χ3v) is 5.85. The van der Waals surface area contributed by atoms with Gasteiger partial charge in [-0.1, -0.05) is 12.1 Å². The molecule has 0 fully saturated rings. The Kier molecular flexibility index (Phi) is 4.66. The highest BCUT2D eigenvalue weighted by molar-refractivity contribution is 7.89. The summed E-state index contributed by atoms with van der Waals surface area (Å²) in [5.41, 5.74) is 2.56. The van der Waals surface area contributed by atoms with Crippen LogP contribution in [0.3, 0.4) is 0 Å². The number of aryl methyl sites for hydroxylation is 2. The van der Waals surface area contributed by atoms with E-state index in [1.165, 1.54) is 25.4 Å². The van der Waals surface area contributed by atoms with Crippen LogP contribution in [0.4, 0.5) is 5.69 Å². The number of sulfonamides is 1. The second kappa shape index (κ2) is 6.80. The molecule has 0 spiro atoms. The van der Waals surface area contributed by atoms with Crippen LogP contribution in [0.15, 0.2) is 52.7 Å². The predicted molar refractivity (Wildman–Crippen MR) is 100 cm³/mol. The number of hydrogen-bond acceptors (Lipinski definition) is 6. The van der Waals surface area contributed by atoms with Crippen LogP contribution in [-0.4, -0.2) is 40.6 Å². The SMILES string of the molecule is Cc1ccc2c(/C=N/N(C)S(=O)(=O)c3cc([N+](=O)[O-])ccc3C)cnn2c1. The Hall–Kier alpha value is -3.27. The topological polar surface area (TPSA) is 110 Å². The number of pyridine rings is 1. The molecule has 0 aliphatic heterocycles. The summed E-state index contributed by atoms with van der Waals surface area (Å²) in [6.45, 7) is 3.51. The van der Waals surface area contributed by atoms with Crippen molar-refractivity contribution >= 4 is 27.4 Å². The first kappa shape index (κ1) is 18.5. The molecule has 3 aromatic rings. The summed E-state index contributed by atoms with van der Waals surface area (Å²) in [5.74, 6) is 0. The number of rotatable bonds is 5. The van der Waals surface area contributed by atoms with Gasteiger partial charge in [0.15, 0.2) is 0 Å². The van der Waals surface area contributed by atoms with E-state index in [0.717, 1.165) is 21.6 Å². The summed E-state index contributed by atoms with van der Waals surface area (Å²) in [7, 11) is -2.76. The fourth-order valence-electron chi connectivity index (χ4n) is 2.53. The zero-order valence-electron chi connectivity index (χ0n) is 14.9. The van der Waals surface area contributed by atoms with Crippen LogP contribution >= 0.6 is 0 Å². The molecule has 2 aromatic heterocycles. The highest BCUT2D eigenvalue weighted by atomic mass is 32.2. The third-order valence-electron chi connectivity index (χ3n) is 4.06. The van der Waals surface area contributed by atoms with E-state index in [1.54, 1.807) is 17.6 Å². The van der Waals surface area contributed by atoms with Crippen LogP contribution in [-0.2, 0) is 10.0 Å². The number of nitro groups is 1. The second-order valence-corrected chi connectivity index (χ2v) is 7.95. The van der Waals surface area contributed by atoms with Crippen LogP contribution in [0.5, 0.6) is 0 Å². The first-order valence-corrected chi connectivity index (χ1v) is 9.36. The van der Waals surface area contributed by atoms with Crippen molar-refractivity contribution in [2.75, 3.05) is 7.05 Å². The lowest BCUT2D eigenvalue weighted by atomic mass is 10.2. The van der Waals surface area contributed by atoms with E-state index in [2.05, 4.69) is 10.2 Å². The molecular weight excluding hydrogens is 370 g/mol. The van der Waals surface area contributed by atoms with Gasteiger partial charge in [0.05, 0.1) is 27.7 Å². The summed E-state index contributed by atoms with van der Waals surface area (Å²) in [4.78, 5) is 10.2. The Morgan fingerprint density at radius 1 is 1.26 bits per heavy atom. The number of nitro benzene ring substituents is 1. The number of nitrogens with zero attached hydrogens (tertiary/aromatic N) is 5. The molecule has 140 valence electrons. The lowest BCUT2D eigenvalue weighted by molar-refractivity contribution is -0.385. The smallest absolute Gasteiger partial charge is 0.258 e. The Morgan fingerprint density at radius 3 is 2.70 bits per heavy atom. The molecule has 0 aliphatic carbocycles. The Bertz CT molecular complexity index is 1170. The number of non-ortho nitro benzene ring substituents is 1. The van der Waals surface area contributed by atoms with Gasteiger partial charge in [0.2, 0.25) is 0 Å². The lowest BCUT2D eigenvalue weighted by Crippen LogP contribution is -2.22. The number of hydrazone groups is 1. The van der Waals surface area contributed by atoms with E-state index in [1.807, 2.05) is 25.3 Å². The fraction of sp³-hybridized carbons (Fsp3) is 0.176. The minimum absolute atomic E-state index is 0.160. The maximum absolute atomic E-state index is 12.8. The summed E-state index contributed by atoms with van der Waals surface area (Å²) in [6.07, 6.45) is 4.82. The number of benzene rings is 1. The molecule has 27 heavy (non-hydrogen) atoms. The molecule has 0 N–H and O–H groups in total. The summed E-state index contributed by atoms with van der Waals surface area (Å²) in [5, 5.41) is 19.2. The first-order valence-electron chi connectivity index (χ1n) is 7.92. The molecule has 1 aromatic carbocycles. The van der Waals surface area contributed by atoms with Gasteiger partial charge in [0, 0.05) is 30.9 Å². The van der Waals surface area contributed by atoms with Crippen molar-refractivity contribution in [1.29, 1.82) is 0 Å². The summed E-state index contributed by atoms with van der Waals surface area (Å²) in [6, 6.07) is 7.48. The summed E-state index contributed by atoms with van der Waals surface area (Å²) >= 11 is 0. The maximum atomic E-state index is 12.8. The van der Waals surface area contributed by atoms with Gasteiger partial charge in [0.25, 0.3) is 15.7 Å². The first-order chi connectivity index (χ1) is 12.7. The lowest BCUT2D eigenvalue weighted by Gasteiger charge is -2.15. The van der Waals surface area contributed by atoms with Crippen molar-refractivity contribution in [2.45, 2.75) is 18.7 Å². The van der Waals surface area contributed by atoms with Crippen molar-refractivity contribution in [3.63, 3.8) is 0 Å². The van der Waals surface area contributed by atoms with Gasteiger partial charge in [-0.15, -0.1) is 0 Å². The average Bonchev–Trinajstić information content (AvgIpc) is 3.01. The van der Waals surface area contributed by atoms with Crippen LogP contribution in [0.1, 0.15) is 16.7 Å². The molecule has 10 heteroatoms. The van der Waals surface area contributed by atoms with Gasteiger partial charge in [-0.3, -0.25) is 10.1 Å². The zero-order valence-corrected chi connectivity index (χ0v) is 15.7. The zero-order chi connectivity index (χ0) is 19.8. The van der Waals surface area contributed by atoms with Crippen molar-refractivity contribution in [1.82, 2.24) is 14.0 Å². The molecule has 0 radical (unpaired) electrons. The highest BCUT2D eigenvalue weighted by Gasteiger charge is 2.24. The maximum Gasteiger partial charge on any atom is 0.279 e. The van der Waals surface area contributed by atoms with Crippen molar-refractivity contribution in [3.05, 3.63) is 69.5 Å². The standard InChI is InChI=1S/C17H17N5O4S/c1-12-4-7-16-14(10-19-21(16)11-12)9-18-20(3)27(25,26)17-8-15(22(23)24)6-5-13(17)2/h4-11H,1-3H3/b18-9+. The molecule has 2 heterocycles. The average molecular weight is 387 g/mol. The normalized spacial score (nSPS) is 12.0. The Labute approximate surface area is 155 Å². The van der Waals surface area contributed by atoms with Gasteiger partial charge in [-0.2, -0.15) is 23.0 Å². The fourth-order valence-corrected chi connectivity index (χ4v) is 3.73. The minimum Gasteiger partial charge on any atom is -0.258 e. The predicted octanol–water partition coefficient (Wildman–Crippen LogP) is 2.51. The molecular formula is C17H17N5O4S. The van der Waals surface area contributed by atoms with Gasteiger partial charge in [-0.25, -0.2) is 4.52 Å². The van der Waals surface area contributed by atoms with E-state index in [-0.39, 0.29) is 10.6 Å². The number of hydrogen-bond donors (Lipinski definition) is 0. The molecule has 3 rings (SSSR count). The summed E-state index contributed by atoms with van der Waals surface area (Å²) < 4.78 is 28.0. The van der Waals surface area contributed by atoms with Gasteiger partial charge >= 0.3 is 0 Å². The van der Waals surface area contributed by atoms with Crippen molar-refractivity contribution in [3.8, 4) is 0 Å². The second-order valence-electron chi connectivity index (χ2n) is 6.03. The van der Waals surface area contributed by atoms with Gasteiger partial charge in [0.1, 0.15) is 0 Å². The van der Waals surface area contributed by atoms with Crippen LogP contribution in [0.2, 0.25) is 0 Å². The molecule has 0 aliphatic rings. The van der Waals surface area contributed by atoms with Crippen molar-refractivity contribution < 1.29 is 13.3 Å². The van der Waals surface area contributed by atoms with E-state index in [4.69, 9.17) is 0 Å². The quantitative estimate of drug-likeness (QED) is 0.379. The van der Waals surface area contributed by atoms with E-state index < -0.39 is 14.9 Å². The monoisotopic (exact) mass is 387 g/mol. The van der Waals surface area contributed by atoms with Crippen LogP contribution < -0.4 is 0 Å². The molecule has 0 saturated carbocycles. The molecule has 0 atom stereocenters. The van der Waals surface area contributed by atoms with Gasteiger partial charge in [-0.05, 0) is 31.0 Å². The van der Waals surface area contributed by atoms with Gasteiger partial charge < -0.3 is 0 Å². The molecule has 0 unspecified atom stereocenters. The Morgan fingerprint density at radius 2 is 2.00 bits per heavy atom.